The standard InChI is InChI=1S/C15H13N3O3/c1-11-16-17-14(21-11)10-20-15(19)12-4-6-13(7-5-12)18-8-2-3-9-18/h2-9H,10H2,1H3. The number of hydrogen-bond acceptors (Lipinski definition) is 5. The molecule has 0 fully saturated rings. The summed E-state index contributed by atoms with van der Waals surface area (Å²) < 4.78 is 12.2. The Bertz CT molecular complexity index is 730. The van der Waals surface area contributed by atoms with Crippen molar-refractivity contribution in [3.05, 3.63) is 66.1 Å². The van der Waals surface area contributed by atoms with Gasteiger partial charge >= 0.3 is 5.97 Å². The molecule has 0 aliphatic heterocycles. The number of hydrogen-bond donors (Lipinski definition) is 0. The molecular weight excluding hydrogens is 270 g/mol. The molecular formula is C15H13N3O3. The lowest BCUT2D eigenvalue weighted by Gasteiger charge is -2.05. The van der Waals surface area contributed by atoms with Crippen LogP contribution < -0.4 is 0 Å². The Morgan fingerprint density at radius 3 is 2.52 bits per heavy atom. The first-order valence-corrected chi connectivity index (χ1v) is 6.42. The monoisotopic (exact) mass is 283 g/mol. The van der Waals surface area contributed by atoms with E-state index >= 15 is 0 Å². The first kappa shape index (κ1) is 13.1. The lowest BCUT2D eigenvalue weighted by atomic mass is 10.2. The van der Waals surface area contributed by atoms with Gasteiger partial charge < -0.3 is 13.7 Å². The van der Waals surface area contributed by atoms with E-state index in [0.29, 0.717) is 11.5 Å². The van der Waals surface area contributed by atoms with Crippen LogP contribution in [0.15, 0.2) is 53.2 Å². The van der Waals surface area contributed by atoms with Crippen LogP contribution in [0.1, 0.15) is 22.1 Å². The molecule has 0 spiro atoms. The van der Waals surface area contributed by atoms with Crippen LogP contribution in [-0.2, 0) is 11.3 Å². The summed E-state index contributed by atoms with van der Waals surface area (Å²) in [6, 6.07) is 11.0. The van der Waals surface area contributed by atoms with Crippen LogP contribution in [0.2, 0.25) is 0 Å². The third-order valence-electron chi connectivity index (χ3n) is 2.90. The molecule has 0 radical (unpaired) electrons. The third kappa shape index (κ3) is 3.00. The number of carbonyl (C=O) groups excluding carboxylic acids is 1. The molecule has 0 saturated heterocycles. The minimum Gasteiger partial charge on any atom is -0.452 e. The topological polar surface area (TPSA) is 70.2 Å². The highest BCUT2D eigenvalue weighted by atomic mass is 16.5. The zero-order chi connectivity index (χ0) is 14.7. The lowest BCUT2D eigenvalue weighted by molar-refractivity contribution is 0.0437. The summed E-state index contributed by atoms with van der Waals surface area (Å²) in [4.78, 5) is 11.9. The van der Waals surface area contributed by atoms with Crippen molar-refractivity contribution in [1.29, 1.82) is 0 Å². The third-order valence-corrected chi connectivity index (χ3v) is 2.90. The molecule has 6 heteroatoms. The summed E-state index contributed by atoms with van der Waals surface area (Å²) >= 11 is 0. The number of aromatic nitrogens is 3. The molecule has 3 rings (SSSR count). The molecule has 2 aromatic heterocycles. The highest BCUT2D eigenvalue weighted by molar-refractivity contribution is 5.89. The molecule has 1 aromatic carbocycles. The minimum absolute atomic E-state index is 0.0287. The van der Waals surface area contributed by atoms with Crippen LogP contribution >= 0.6 is 0 Å². The van der Waals surface area contributed by atoms with Gasteiger partial charge in [0.1, 0.15) is 0 Å². The van der Waals surface area contributed by atoms with Gasteiger partial charge in [0.05, 0.1) is 5.56 Å². The number of aryl methyl sites for hydroxylation is 1. The van der Waals surface area contributed by atoms with Gasteiger partial charge in [-0.3, -0.25) is 0 Å². The van der Waals surface area contributed by atoms with Gasteiger partial charge in [-0.25, -0.2) is 4.79 Å². The summed E-state index contributed by atoms with van der Waals surface area (Å²) in [6.45, 7) is 1.65. The van der Waals surface area contributed by atoms with E-state index in [-0.39, 0.29) is 12.5 Å². The molecule has 3 aromatic rings. The summed E-state index contributed by atoms with van der Waals surface area (Å²) in [5, 5.41) is 7.43. The number of esters is 1. The van der Waals surface area contributed by atoms with E-state index in [9.17, 15) is 4.79 Å². The molecule has 0 bridgehead atoms. The maximum atomic E-state index is 11.9. The normalized spacial score (nSPS) is 10.5. The van der Waals surface area contributed by atoms with Gasteiger partial charge in [-0.15, -0.1) is 10.2 Å². The highest BCUT2D eigenvalue weighted by Gasteiger charge is 2.10. The quantitative estimate of drug-likeness (QED) is 0.688. The largest absolute Gasteiger partial charge is 0.452 e. The Kier molecular flexibility index (Phi) is 3.51. The predicted octanol–water partition coefficient (Wildman–Crippen LogP) is 2.53. The van der Waals surface area contributed by atoms with Crippen molar-refractivity contribution in [3.8, 4) is 5.69 Å². The van der Waals surface area contributed by atoms with Crippen LogP contribution in [0.3, 0.4) is 0 Å². The summed E-state index contributed by atoms with van der Waals surface area (Å²) in [7, 11) is 0. The molecule has 106 valence electrons. The van der Waals surface area contributed by atoms with Crippen molar-refractivity contribution in [3.63, 3.8) is 0 Å². The Morgan fingerprint density at radius 2 is 1.90 bits per heavy atom. The van der Waals surface area contributed by atoms with Gasteiger partial charge in [0.2, 0.25) is 5.89 Å². The van der Waals surface area contributed by atoms with Gasteiger partial charge in [0.15, 0.2) is 6.61 Å². The van der Waals surface area contributed by atoms with Gasteiger partial charge in [0.25, 0.3) is 5.89 Å². The number of carbonyl (C=O) groups is 1. The predicted molar refractivity (Wildman–Crippen MR) is 73.9 cm³/mol. The number of ether oxygens (including phenoxy) is 1. The van der Waals surface area contributed by atoms with Crippen molar-refractivity contribution < 1.29 is 13.9 Å². The number of nitrogens with zero attached hydrogens (tertiary/aromatic N) is 3. The van der Waals surface area contributed by atoms with Gasteiger partial charge in [-0.1, -0.05) is 0 Å². The fourth-order valence-electron chi connectivity index (χ4n) is 1.88. The molecule has 0 aliphatic carbocycles. The average Bonchev–Trinajstić information content (AvgIpc) is 3.16. The minimum atomic E-state index is -0.426. The zero-order valence-electron chi connectivity index (χ0n) is 11.4. The van der Waals surface area contributed by atoms with Crippen LogP contribution in [0.4, 0.5) is 0 Å². The molecule has 6 nitrogen and oxygen atoms in total. The van der Waals surface area contributed by atoms with Crippen LogP contribution in [0.5, 0.6) is 0 Å². The number of rotatable bonds is 4. The van der Waals surface area contributed by atoms with Crippen molar-refractivity contribution >= 4 is 5.97 Å². The molecule has 0 unspecified atom stereocenters. The summed E-state index contributed by atoms with van der Waals surface area (Å²) in [5.41, 5.74) is 1.45. The molecule has 2 heterocycles. The smallest absolute Gasteiger partial charge is 0.338 e. The first-order valence-electron chi connectivity index (χ1n) is 6.42. The molecule has 0 N–H and O–H groups in total. The average molecular weight is 283 g/mol. The second kappa shape index (κ2) is 5.62. The van der Waals surface area contributed by atoms with Crippen LogP contribution in [0.25, 0.3) is 5.69 Å². The zero-order valence-corrected chi connectivity index (χ0v) is 11.4. The fraction of sp³-hybridized carbons (Fsp3) is 0.133. The molecule has 21 heavy (non-hydrogen) atoms. The van der Waals surface area contributed by atoms with Gasteiger partial charge in [0, 0.05) is 25.0 Å². The first-order chi connectivity index (χ1) is 10.2. The Balaban J connectivity index is 1.65. The Labute approximate surface area is 121 Å². The van der Waals surface area contributed by atoms with E-state index in [1.54, 1.807) is 19.1 Å². The van der Waals surface area contributed by atoms with Crippen molar-refractivity contribution in [2.75, 3.05) is 0 Å². The molecule has 0 saturated carbocycles. The van der Waals surface area contributed by atoms with Crippen LogP contribution in [0, 0.1) is 6.92 Å². The number of benzene rings is 1. The van der Waals surface area contributed by atoms with Crippen molar-refractivity contribution in [2.45, 2.75) is 13.5 Å². The fourth-order valence-corrected chi connectivity index (χ4v) is 1.88. The maximum absolute atomic E-state index is 11.9. The van der Waals surface area contributed by atoms with Crippen molar-refractivity contribution in [1.82, 2.24) is 14.8 Å². The SMILES string of the molecule is Cc1nnc(COC(=O)c2ccc(-n3cccc3)cc2)o1. The lowest BCUT2D eigenvalue weighted by Crippen LogP contribution is -2.05. The summed E-state index contributed by atoms with van der Waals surface area (Å²) in [5.74, 6) is 0.298. The van der Waals surface area contributed by atoms with E-state index in [4.69, 9.17) is 9.15 Å². The van der Waals surface area contributed by atoms with E-state index in [1.165, 1.54) is 0 Å². The highest BCUT2D eigenvalue weighted by Crippen LogP contribution is 2.11. The Morgan fingerprint density at radius 1 is 1.19 bits per heavy atom. The van der Waals surface area contributed by atoms with E-state index in [1.807, 2.05) is 41.2 Å². The van der Waals surface area contributed by atoms with Crippen molar-refractivity contribution in [2.24, 2.45) is 0 Å². The Hall–Kier alpha value is -2.89. The second-order valence-electron chi connectivity index (χ2n) is 4.43. The van der Waals surface area contributed by atoms with E-state index in [0.717, 1.165) is 5.69 Å². The molecule has 0 amide bonds. The van der Waals surface area contributed by atoms with E-state index < -0.39 is 5.97 Å². The molecule has 0 atom stereocenters. The van der Waals surface area contributed by atoms with Crippen LogP contribution in [-0.4, -0.2) is 20.7 Å². The maximum Gasteiger partial charge on any atom is 0.338 e. The van der Waals surface area contributed by atoms with Gasteiger partial charge in [-0.05, 0) is 36.4 Å². The second-order valence-corrected chi connectivity index (χ2v) is 4.43. The van der Waals surface area contributed by atoms with E-state index in [2.05, 4.69) is 10.2 Å². The van der Waals surface area contributed by atoms with Gasteiger partial charge in [-0.2, -0.15) is 0 Å². The molecule has 0 aliphatic rings. The summed E-state index contributed by atoms with van der Waals surface area (Å²) in [6.07, 6.45) is 3.87.